The number of nitrogens with one attached hydrogen (secondary N) is 2. The number of hydrogen-bond donors (Lipinski definition) is 2. The average molecular weight is 267 g/mol. The second-order valence-electron chi connectivity index (χ2n) is 5.89. The van der Waals surface area contributed by atoms with Crippen molar-refractivity contribution >= 4 is 11.8 Å². The average Bonchev–Trinajstić information content (AvgIpc) is 2.91. The van der Waals surface area contributed by atoms with Crippen LogP contribution in [-0.4, -0.2) is 48.4 Å². The molecule has 5 nitrogen and oxygen atoms in total. The number of carbonyl (C=O) groups excluding carboxylic acids is 2. The van der Waals surface area contributed by atoms with E-state index < -0.39 is 5.54 Å². The van der Waals surface area contributed by atoms with E-state index in [1.807, 2.05) is 11.9 Å². The van der Waals surface area contributed by atoms with Gasteiger partial charge in [-0.1, -0.05) is 19.3 Å². The molecular weight excluding hydrogens is 242 g/mol. The summed E-state index contributed by atoms with van der Waals surface area (Å²) in [4.78, 5) is 26.1. The predicted molar refractivity (Wildman–Crippen MR) is 73.7 cm³/mol. The van der Waals surface area contributed by atoms with Crippen LogP contribution in [0.2, 0.25) is 0 Å². The lowest BCUT2D eigenvalue weighted by molar-refractivity contribution is -0.143. The summed E-state index contributed by atoms with van der Waals surface area (Å²) in [5.41, 5.74) is -0.651. The molecule has 0 aromatic rings. The monoisotopic (exact) mass is 267 g/mol. The molecule has 1 saturated heterocycles. The molecule has 0 radical (unpaired) electrons. The lowest BCUT2D eigenvalue weighted by Crippen LogP contribution is -2.61. The van der Waals surface area contributed by atoms with E-state index in [9.17, 15) is 9.59 Å². The van der Waals surface area contributed by atoms with Gasteiger partial charge in [-0.3, -0.25) is 9.59 Å². The Bertz CT molecular complexity index is 345. The van der Waals surface area contributed by atoms with Crippen LogP contribution < -0.4 is 10.6 Å². The summed E-state index contributed by atoms with van der Waals surface area (Å²) in [6, 6.07) is 0.264. The Morgan fingerprint density at radius 2 is 1.95 bits per heavy atom. The van der Waals surface area contributed by atoms with Crippen molar-refractivity contribution in [3.8, 4) is 0 Å². The largest absolute Gasteiger partial charge is 0.342 e. The molecule has 1 unspecified atom stereocenters. The van der Waals surface area contributed by atoms with Crippen LogP contribution in [0.1, 0.15) is 45.4 Å². The van der Waals surface area contributed by atoms with Gasteiger partial charge < -0.3 is 15.5 Å². The summed E-state index contributed by atoms with van der Waals surface area (Å²) in [7, 11) is 1.87. The van der Waals surface area contributed by atoms with E-state index in [2.05, 4.69) is 10.6 Å². The van der Waals surface area contributed by atoms with E-state index in [0.717, 1.165) is 51.6 Å². The number of rotatable bonds is 3. The van der Waals surface area contributed by atoms with E-state index in [1.165, 1.54) is 6.92 Å². The summed E-state index contributed by atoms with van der Waals surface area (Å²) in [5.74, 6) is -0.00991. The molecule has 2 aliphatic rings. The Kier molecular flexibility index (Phi) is 4.45. The van der Waals surface area contributed by atoms with Crippen molar-refractivity contribution in [1.82, 2.24) is 15.5 Å². The van der Waals surface area contributed by atoms with Crippen LogP contribution in [0.3, 0.4) is 0 Å². The van der Waals surface area contributed by atoms with Crippen LogP contribution in [0.4, 0.5) is 0 Å². The highest BCUT2D eigenvalue weighted by Crippen LogP contribution is 2.30. The standard InChI is InChI=1S/C14H25N3O2/c1-11(18)16-14(7-4-3-5-8-14)13(19)17(2)12-6-9-15-10-12/h12,15H,3-10H2,1-2H3,(H,16,18). The van der Waals surface area contributed by atoms with Gasteiger partial charge in [0.15, 0.2) is 0 Å². The second kappa shape index (κ2) is 5.90. The van der Waals surface area contributed by atoms with Gasteiger partial charge >= 0.3 is 0 Å². The smallest absolute Gasteiger partial charge is 0.248 e. The zero-order valence-corrected chi connectivity index (χ0v) is 12.0. The molecule has 108 valence electrons. The highest BCUT2D eigenvalue weighted by Gasteiger charge is 2.43. The number of hydrogen-bond acceptors (Lipinski definition) is 3. The molecule has 0 aromatic carbocycles. The number of carbonyl (C=O) groups is 2. The van der Waals surface area contributed by atoms with Crippen molar-refractivity contribution in [1.29, 1.82) is 0 Å². The molecule has 0 bridgehead atoms. The molecule has 0 spiro atoms. The molecule has 5 heteroatoms. The van der Waals surface area contributed by atoms with Crippen molar-refractivity contribution < 1.29 is 9.59 Å². The van der Waals surface area contributed by atoms with Crippen LogP contribution in [0.15, 0.2) is 0 Å². The third kappa shape index (κ3) is 3.08. The normalized spacial score (nSPS) is 25.9. The minimum absolute atomic E-state index is 0.0936. The van der Waals surface area contributed by atoms with E-state index in [0.29, 0.717) is 0 Å². The highest BCUT2D eigenvalue weighted by atomic mass is 16.2. The van der Waals surface area contributed by atoms with Gasteiger partial charge in [0.1, 0.15) is 5.54 Å². The summed E-state index contributed by atoms with van der Waals surface area (Å²) < 4.78 is 0. The van der Waals surface area contributed by atoms with E-state index in [4.69, 9.17) is 0 Å². The third-order valence-electron chi connectivity index (χ3n) is 4.43. The van der Waals surface area contributed by atoms with Gasteiger partial charge in [-0.2, -0.15) is 0 Å². The van der Waals surface area contributed by atoms with Crippen LogP contribution in [0.25, 0.3) is 0 Å². The first-order valence-electron chi connectivity index (χ1n) is 7.32. The van der Waals surface area contributed by atoms with Gasteiger partial charge in [0.25, 0.3) is 0 Å². The minimum atomic E-state index is -0.651. The van der Waals surface area contributed by atoms with Crippen molar-refractivity contribution in [2.75, 3.05) is 20.1 Å². The Labute approximate surface area is 115 Å². The summed E-state index contributed by atoms with van der Waals surface area (Å²) >= 11 is 0. The number of nitrogens with zero attached hydrogens (tertiary/aromatic N) is 1. The second-order valence-corrected chi connectivity index (χ2v) is 5.89. The number of likely N-dealkylation sites (N-methyl/N-ethyl adjacent to an activating group) is 1. The highest BCUT2D eigenvalue weighted by molar-refractivity contribution is 5.91. The predicted octanol–water partition coefficient (Wildman–Crippen LogP) is 0.646. The first-order valence-corrected chi connectivity index (χ1v) is 7.32. The Balaban J connectivity index is 2.12. The van der Waals surface area contributed by atoms with Crippen molar-refractivity contribution in [3.63, 3.8) is 0 Å². The van der Waals surface area contributed by atoms with E-state index in [-0.39, 0.29) is 17.9 Å². The zero-order valence-electron chi connectivity index (χ0n) is 12.0. The van der Waals surface area contributed by atoms with E-state index >= 15 is 0 Å². The number of amides is 2. The molecule has 1 aliphatic carbocycles. The first-order chi connectivity index (χ1) is 9.05. The molecule has 1 atom stereocenters. The minimum Gasteiger partial charge on any atom is -0.342 e. The molecule has 0 aromatic heterocycles. The lowest BCUT2D eigenvalue weighted by Gasteiger charge is -2.40. The van der Waals surface area contributed by atoms with Crippen LogP contribution in [0.5, 0.6) is 0 Å². The molecule has 1 heterocycles. The summed E-state index contributed by atoms with van der Waals surface area (Å²) in [5, 5.41) is 6.23. The molecular formula is C14H25N3O2. The Hall–Kier alpha value is -1.10. The molecule has 2 N–H and O–H groups in total. The molecule has 2 rings (SSSR count). The Morgan fingerprint density at radius 1 is 1.26 bits per heavy atom. The van der Waals surface area contributed by atoms with Crippen LogP contribution >= 0.6 is 0 Å². The Morgan fingerprint density at radius 3 is 2.47 bits per heavy atom. The van der Waals surface area contributed by atoms with Crippen molar-refractivity contribution in [2.24, 2.45) is 0 Å². The van der Waals surface area contributed by atoms with Crippen molar-refractivity contribution in [2.45, 2.75) is 57.0 Å². The zero-order chi connectivity index (χ0) is 13.9. The van der Waals surface area contributed by atoms with Gasteiger partial charge in [0.2, 0.25) is 11.8 Å². The molecule has 1 aliphatic heterocycles. The van der Waals surface area contributed by atoms with Gasteiger partial charge in [-0.15, -0.1) is 0 Å². The summed E-state index contributed by atoms with van der Waals surface area (Å²) in [6.07, 6.45) is 5.74. The SMILES string of the molecule is CC(=O)NC1(C(=O)N(C)C2CCNC2)CCCCC1. The fraction of sp³-hybridized carbons (Fsp3) is 0.857. The maximum Gasteiger partial charge on any atom is 0.248 e. The lowest BCUT2D eigenvalue weighted by atomic mass is 9.80. The van der Waals surface area contributed by atoms with Gasteiger partial charge in [0, 0.05) is 26.6 Å². The molecule has 19 heavy (non-hydrogen) atoms. The third-order valence-corrected chi connectivity index (χ3v) is 4.43. The molecule has 1 saturated carbocycles. The molecule has 2 amide bonds. The van der Waals surface area contributed by atoms with Crippen LogP contribution in [-0.2, 0) is 9.59 Å². The van der Waals surface area contributed by atoms with E-state index in [1.54, 1.807) is 0 Å². The summed E-state index contributed by atoms with van der Waals surface area (Å²) in [6.45, 7) is 3.33. The van der Waals surface area contributed by atoms with Gasteiger partial charge in [-0.05, 0) is 25.8 Å². The molecule has 2 fully saturated rings. The topological polar surface area (TPSA) is 61.4 Å². The first kappa shape index (κ1) is 14.3. The van der Waals surface area contributed by atoms with Gasteiger partial charge in [0.05, 0.1) is 0 Å². The maximum atomic E-state index is 12.8. The van der Waals surface area contributed by atoms with Gasteiger partial charge in [-0.25, -0.2) is 0 Å². The fourth-order valence-corrected chi connectivity index (χ4v) is 3.36. The fourth-order valence-electron chi connectivity index (χ4n) is 3.36. The quantitative estimate of drug-likeness (QED) is 0.789. The maximum absolute atomic E-state index is 12.8. The van der Waals surface area contributed by atoms with Crippen molar-refractivity contribution in [3.05, 3.63) is 0 Å². The van der Waals surface area contributed by atoms with Crippen LogP contribution in [0, 0.1) is 0 Å².